The third-order valence-electron chi connectivity index (χ3n) is 4.71. The van der Waals surface area contributed by atoms with Crippen molar-refractivity contribution in [1.29, 1.82) is 0 Å². The summed E-state index contributed by atoms with van der Waals surface area (Å²) in [5.74, 6) is 0. The minimum atomic E-state index is 0. The maximum absolute atomic E-state index is 4.86. The molecule has 0 spiro atoms. The Morgan fingerprint density at radius 2 is 1.07 bits per heavy atom. The predicted molar refractivity (Wildman–Crippen MR) is 116 cm³/mol. The summed E-state index contributed by atoms with van der Waals surface area (Å²) in [4.78, 5) is 9.58. The van der Waals surface area contributed by atoms with Crippen LogP contribution in [-0.4, -0.2) is 11.9 Å². The molecule has 0 saturated heterocycles. The van der Waals surface area contributed by atoms with Crippen LogP contribution < -0.4 is 0 Å². The molecule has 0 radical (unpaired) electrons. The maximum Gasteiger partial charge on any atom is 0.0639 e. The molecule has 0 aliphatic rings. The van der Waals surface area contributed by atoms with Gasteiger partial charge in [-0.1, -0.05) is 46.8 Å². The van der Waals surface area contributed by atoms with Gasteiger partial charge in [0.2, 0.25) is 0 Å². The first-order chi connectivity index (χ1) is 12.6. The fraction of sp³-hybridized carbons (Fsp3) is 0.417. The molecule has 0 atom stereocenters. The van der Waals surface area contributed by atoms with Gasteiger partial charge in [-0.2, -0.15) is 0 Å². The molecule has 27 heavy (non-hydrogen) atoms. The normalized spacial score (nSPS) is 11.7. The first-order valence-corrected chi connectivity index (χ1v) is 9.99. The second kappa shape index (κ2) is 12.0. The molecule has 0 unspecified atom stereocenters. The second-order valence-corrected chi connectivity index (χ2v) is 6.64. The Hall–Kier alpha value is -1.56. The molecular formula is C24H32N2Pd. The third-order valence-corrected chi connectivity index (χ3v) is 4.71. The fourth-order valence-corrected chi connectivity index (χ4v) is 2.96. The van der Waals surface area contributed by atoms with Crippen LogP contribution in [0.15, 0.2) is 46.4 Å². The van der Waals surface area contributed by atoms with E-state index in [0.29, 0.717) is 0 Å². The minimum absolute atomic E-state index is 0. The van der Waals surface area contributed by atoms with Crippen molar-refractivity contribution in [3.8, 4) is 0 Å². The van der Waals surface area contributed by atoms with E-state index in [1.165, 1.54) is 22.3 Å². The average molecular weight is 455 g/mol. The van der Waals surface area contributed by atoms with Crippen LogP contribution in [0.5, 0.6) is 0 Å². The van der Waals surface area contributed by atoms with Gasteiger partial charge in [0.1, 0.15) is 0 Å². The van der Waals surface area contributed by atoms with Crippen molar-refractivity contribution in [1.82, 2.24) is 0 Å². The van der Waals surface area contributed by atoms with Gasteiger partial charge < -0.3 is 0 Å². The molecule has 0 saturated carbocycles. The van der Waals surface area contributed by atoms with Crippen molar-refractivity contribution in [3.05, 3.63) is 58.7 Å². The van der Waals surface area contributed by atoms with E-state index in [-0.39, 0.29) is 20.4 Å². The Kier molecular flexibility index (Phi) is 10.4. The van der Waals surface area contributed by atoms with Gasteiger partial charge in [0.15, 0.2) is 0 Å². The monoisotopic (exact) mass is 454 g/mol. The van der Waals surface area contributed by atoms with Crippen molar-refractivity contribution >= 4 is 23.3 Å². The zero-order valence-corrected chi connectivity index (χ0v) is 18.8. The Bertz CT molecular complexity index is 746. The number of rotatable bonds is 8. The number of nitrogens with zero attached hydrogens (tertiary/aromatic N) is 2. The molecule has 0 bridgehead atoms. The first-order valence-electron chi connectivity index (χ1n) is 9.99. The molecule has 2 nitrogen and oxygen atoms in total. The van der Waals surface area contributed by atoms with Gasteiger partial charge >= 0.3 is 0 Å². The van der Waals surface area contributed by atoms with Crippen molar-refractivity contribution in [2.75, 3.05) is 0 Å². The second-order valence-electron chi connectivity index (χ2n) is 6.64. The van der Waals surface area contributed by atoms with Crippen molar-refractivity contribution in [3.63, 3.8) is 0 Å². The Morgan fingerprint density at radius 3 is 1.44 bits per heavy atom. The third kappa shape index (κ3) is 7.17. The molecule has 2 rings (SSSR count). The number of aryl methyl sites for hydroxylation is 4. The Balaban J connectivity index is 0.00000364. The summed E-state index contributed by atoms with van der Waals surface area (Å²) in [6.07, 6.45) is 6.95. The van der Waals surface area contributed by atoms with E-state index < -0.39 is 0 Å². The number of aliphatic imine (C=N–C) groups is 2. The zero-order chi connectivity index (χ0) is 18.9. The van der Waals surface area contributed by atoms with Crippen LogP contribution in [0.2, 0.25) is 0 Å². The molecule has 148 valence electrons. The molecule has 2 aromatic rings. The van der Waals surface area contributed by atoms with Crippen LogP contribution in [0.1, 0.15) is 63.3 Å². The molecule has 3 heteroatoms. The Morgan fingerprint density at radius 1 is 0.667 bits per heavy atom. The van der Waals surface area contributed by atoms with E-state index in [9.17, 15) is 0 Å². The quantitative estimate of drug-likeness (QED) is 0.309. The van der Waals surface area contributed by atoms with Gasteiger partial charge in [-0.25, -0.2) is 0 Å². The molecule has 0 amide bonds. The fourth-order valence-electron chi connectivity index (χ4n) is 2.96. The number of hydrogen-bond donors (Lipinski definition) is 0. The van der Waals surface area contributed by atoms with E-state index in [2.05, 4.69) is 71.0 Å². The van der Waals surface area contributed by atoms with Crippen LogP contribution in [-0.2, 0) is 46.1 Å². The molecule has 0 N–H and O–H groups in total. The van der Waals surface area contributed by atoms with Gasteiger partial charge in [-0.3, -0.25) is 9.98 Å². The first kappa shape index (κ1) is 23.5. The predicted octanol–water partition coefficient (Wildman–Crippen LogP) is 6.82. The number of hydrogen-bond acceptors (Lipinski definition) is 2. The SMILES string of the molecule is CCC(/C=N/c1cc(CC)cc(CC)c1)=N\c1cc(CC)cc(CC)c1.[Pd]. The van der Waals surface area contributed by atoms with Crippen molar-refractivity contribution in [2.45, 2.75) is 66.7 Å². The Labute approximate surface area is 178 Å². The van der Waals surface area contributed by atoms with E-state index in [4.69, 9.17) is 9.98 Å². The largest absolute Gasteiger partial charge is 0.255 e. The molecule has 0 aliphatic heterocycles. The average Bonchev–Trinajstić information content (AvgIpc) is 2.70. The van der Waals surface area contributed by atoms with Crippen LogP contribution in [0.4, 0.5) is 11.4 Å². The maximum atomic E-state index is 4.86. The molecule has 0 aliphatic carbocycles. The summed E-state index contributed by atoms with van der Waals surface area (Å²) in [6.45, 7) is 10.9. The van der Waals surface area contributed by atoms with Gasteiger partial charge in [-0.05, 0) is 78.6 Å². The molecule has 0 heterocycles. The van der Waals surface area contributed by atoms with E-state index in [1.54, 1.807) is 0 Å². The summed E-state index contributed by atoms with van der Waals surface area (Å²) in [5.41, 5.74) is 8.46. The summed E-state index contributed by atoms with van der Waals surface area (Å²) >= 11 is 0. The van der Waals surface area contributed by atoms with Gasteiger partial charge in [0, 0.05) is 26.6 Å². The van der Waals surface area contributed by atoms with Crippen molar-refractivity contribution in [2.24, 2.45) is 9.98 Å². The van der Waals surface area contributed by atoms with Crippen LogP contribution in [0, 0.1) is 0 Å². The van der Waals surface area contributed by atoms with E-state index in [1.807, 2.05) is 6.21 Å². The van der Waals surface area contributed by atoms with E-state index in [0.717, 1.165) is 49.2 Å². The smallest absolute Gasteiger partial charge is 0.0639 e. The number of benzene rings is 2. The van der Waals surface area contributed by atoms with Gasteiger partial charge in [-0.15, -0.1) is 0 Å². The van der Waals surface area contributed by atoms with Gasteiger partial charge in [0.05, 0.1) is 17.1 Å². The summed E-state index contributed by atoms with van der Waals surface area (Å²) in [5, 5.41) is 0. The van der Waals surface area contributed by atoms with E-state index >= 15 is 0 Å². The van der Waals surface area contributed by atoms with Crippen LogP contribution in [0.3, 0.4) is 0 Å². The summed E-state index contributed by atoms with van der Waals surface area (Å²) < 4.78 is 0. The molecular weight excluding hydrogens is 423 g/mol. The standard InChI is InChI=1S/C24H32N2.Pd/c1-6-18-11-19(7-2)14-23(13-18)25-17-22(10-5)26-24-15-20(8-3)12-21(9-4)16-24;/h11-17H,6-10H2,1-5H3;/b25-17+,26-22+;. The minimum Gasteiger partial charge on any atom is -0.255 e. The molecule has 0 aromatic heterocycles. The molecule has 0 fully saturated rings. The summed E-state index contributed by atoms with van der Waals surface area (Å²) in [7, 11) is 0. The molecule has 2 aromatic carbocycles. The topological polar surface area (TPSA) is 24.7 Å². The summed E-state index contributed by atoms with van der Waals surface area (Å²) in [6, 6.07) is 13.3. The zero-order valence-electron chi connectivity index (χ0n) is 17.3. The van der Waals surface area contributed by atoms with Crippen LogP contribution in [0.25, 0.3) is 0 Å². The van der Waals surface area contributed by atoms with Crippen molar-refractivity contribution < 1.29 is 20.4 Å². The van der Waals surface area contributed by atoms with Gasteiger partial charge in [0.25, 0.3) is 0 Å². The van der Waals surface area contributed by atoms with Crippen LogP contribution >= 0.6 is 0 Å².